The molecule has 0 spiro atoms. The molecule has 0 saturated carbocycles. The van der Waals surface area contributed by atoms with Crippen LogP contribution < -0.4 is 15.6 Å². The molecule has 0 amide bonds. The van der Waals surface area contributed by atoms with E-state index in [-0.39, 0.29) is 0 Å². The Labute approximate surface area is 166 Å². The van der Waals surface area contributed by atoms with Crippen LogP contribution in [0.3, 0.4) is 0 Å². The van der Waals surface area contributed by atoms with Crippen LogP contribution in [0.1, 0.15) is 23.6 Å². The third-order valence-electron chi connectivity index (χ3n) is 4.75. The van der Waals surface area contributed by atoms with Crippen LogP contribution in [0.2, 0.25) is 0 Å². The molecule has 6 heteroatoms. The van der Waals surface area contributed by atoms with Crippen molar-refractivity contribution in [3.8, 4) is 0 Å². The Morgan fingerprint density at radius 3 is 2.41 bits per heavy atom. The fourth-order valence-electron chi connectivity index (χ4n) is 2.91. The molecule has 2 aromatic rings. The van der Waals surface area contributed by atoms with Gasteiger partial charge in [-0.05, 0) is 73.9 Å². The Balaban J connectivity index is 1.57. The number of rotatable bonds is 4. The van der Waals surface area contributed by atoms with Gasteiger partial charge in [-0.25, -0.2) is 0 Å². The molecule has 1 aliphatic heterocycles. The number of morpholine rings is 1. The van der Waals surface area contributed by atoms with E-state index in [0.717, 1.165) is 43.3 Å². The monoisotopic (exact) mass is 382 g/mol. The Kier molecular flexibility index (Phi) is 6.42. The third-order valence-corrected chi connectivity index (χ3v) is 4.94. The average molecular weight is 383 g/mol. The van der Waals surface area contributed by atoms with Gasteiger partial charge in [-0.1, -0.05) is 18.2 Å². The van der Waals surface area contributed by atoms with Gasteiger partial charge >= 0.3 is 0 Å². The molecule has 2 N–H and O–H groups in total. The Bertz CT molecular complexity index is 827. The summed E-state index contributed by atoms with van der Waals surface area (Å²) in [6.07, 6.45) is 0. The zero-order valence-electron chi connectivity index (χ0n) is 16.1. The number of ether oxygens (including phenoxy) is 1. The van der Waals surface area contributed by atoms with Gasteiger partial charge in [0.05, 0.1) is 18.9 Å². The summed E-state index contributed by atoms with van der Waals surface area (Å²) < 4.78 is 5.41. The second kappa shape index (κ2) is 8.97. The van der Waals surface area contributed by atoms with Gasteiger partial charge in [0.2, 0.25) is 0 Å². The number of hydrogen-bond donors (Lipinski definition) is 2. The second-order valence-corrected chi connectivity index (χ2v) is 7.12. The number of hydrogen-bond acceptors (Lipinski definition) is 4. The molecular formula is C21H26N4OS. The largest absolute Gasteiger partial charge is 0.378 e. The molecule has 0 aromatic heterocycles. The summed E-state index contributed by atoms with van der Waals surface area (Å²) in [5, 5.41) is 8.04. The fraction of sp³-hybridized carbons (Fsp3) is 0.333. The molecular weight excluding hydrogens is 356 g/mol. The van der Waals surface area contributed by atoms with E-state index in [1.54, 1.807) is 0 Å². The summed E-state index contributed by atoms with van der Waals surface area (Å²) in [6, 6.07) is 14.6. The second-order valence-electron chi connectivity index (χ2n) is 6.71. The lowest BCUT2D eigenvalue weighted by atomic mass is 10.1. The molecule has 0 unspecified atom stereocenters. The normalized spacial score (nSPS) is 14.8. The van der Waals surface area contributed by atoms with Gasteiger partial charge < -0.3 is 15.0 Å². The maximum atomic E-state index is 5.41. The van der Waals surface area contributed by atoms with Crippen molar-refractivity contribution in [3.05, 3.63) is 59.2 Å². The van der Waals surface area contributed by atoms with E-state index in [2.05, 4.69) is 71.0 Å². The average Bonchev–Trinajstić information content (AvgIpc) is 2.70. The summed E-state index contributed by atoms with van der Waals surface area (Å²) in [5.74, 6) is 0. The molecule has 0 radical (unpaired) electrons. The first-order valence-corrected chi connectivity index (χ1v) is 9.55. The van der Waals surface area contributed by atoms with E-state index in [1.165, 1.54) is 16.8 Å². The summed E-state index contributed by atoms with van der Waals surface area (Å²) in [7, 11) is 0. The minimum Gasteiger partial charge on any atom is -0.378 e. The van der Waals surface area contributed by atoms with Gasteiger partial charge in [-0.2, -0.15) is 5.10 Å². The van der Waals surface area contributed by atoms with E-state index in [9.17, 15) is 0 Å². The first kappa shape index (κ1) is 19.3. The van der Waals surface area contributed by atoms with Crippen LogP contribution >= 0.6 is 12.2 Å². The summed E-state index contributed by atoms with van der Waals surface area (Å²) in [6.45, 7) is 9.59. The topological polar surface area (TPSA) is 48.9 Å². The summed E-state index contributed by atoms with van der Waals surface area (Å²) in [4.78, 5) is 2.33. The van der Waals surface area contributed by atoms with Crippen LogP contribution in [-0.2, 0) is 4.74 Å². The zero-order valence-corrected chi connectivity index (χ0v) is 16.9. The van der Waals surface area contributed by atoms with Crippen molar-refractivity contribution in [2.75, 3.05) is 36.5 Å². The third kappa shape index (κ3) is 5.28. The number of benzene rings is 2. The van der Waals surface area contributed by atoms with Gasteiger partial charge in [0, 0.05) is 24.5 Å². The van der Waals surface area contributed by atoms with Crippen LogP contribution in [0.5, 0.6) is 0 Å². The Morgan fingerprint density at radius 2 is 1.74 bits per heavy atom. The molecule has 1 aliphatic rings. The lowest BCUT2D eigenvalue weighted by Gasteiger charge is -2.28. The first-order valence-electron chi connectivity index (χ1n) is 9.14. The predicted octanol–water partition coefficient (Wildman–Crippen LogP) is 3.85. The van der Waals surface area contributed by atoms with Crippen LogP contribution in [0.15, 0.2) is 47.6 Å². The van der Waals surface area contributed by atoms with E-state index >= 15 is 0 Å². The molecule has 3 rings (SSSR count). The van der Waals surface area contributed by atoms with Crippen LogP contribution in [-0.4, -0.2) is 37.1 Å². The van der Waals surface area contributed by atoms with Crippen LogP contribution in [0, 0.1) is 13.8 Å². The SMILES string of the molecule is C/C(=N/NC(=S)Nc1ccc(C)c(C)c1)c1ccc(N2CCOCC2)cc1. The maximum Gasteiger partial charge on any atom is 0.191 e. The lowest BCUT2D eigenvalue weighted by molar-refractivity contribution is 0.122. The standard InChI is InChI=1S/C21H26N4OS/c1-15-4-7-19(14-16(15)2)22-21(27)24-23-17(3)18-5-8-20(9-6-18)25-10-12-26-13-11-25/h4-9,14H,10-13H2,1-3H3,(H2,22,24,27)/b23-17-. The maximum absolute atomic E-state index is 5.41. The number of nitrogens with zero attached hydrogens (tertiary/aromatic N) is 2. The van der Waals surface area contributed by atoms with E-state index in [4.69, 9.17) is 17.0 Å². The minimum atomic E-state index is 0.475. The zero-order chi connectivity index (χ0) is 19.2. The molecule has 0 aliphatic carbocycles. The highest BCUT2D eigenvalue weighted by Gasteiger charge is 2.11. The van der Waals surface area contributed by atoms with Crippen LogP contribution in [0.4, 0.5) is 11.4 Å². The van der Waals surface area contributed by atoms with E-state index in [1.807, 2.05) is 13.0 Å². The van der Waals surface area contributed by atoms with Crippen molar-refractivity contribution < 1.29 is 4.74 Å². The molecule has 0 atom stereocenters. The van der Waals surface area contributed by atoms with Crippen molar-refractivity contribution >= 4 is 34.4 Å². The lowest BCUT2D eigenvalue weighted by Crippen LogP contribution is -2.36. The molecule has 1 fully saturated rings. The van der Waals surface area contributed by atoms with Gasteiger partial charge in [0.25, 0.3) is 0 Å². The van der Waals surface area contributed by atoms with Gasteiger partial charge in [-0.3, -0.25) is 5.43 Å². The Morgan fingerprint density at radius 1 is 1.04 bits per heavy atom. The van der Waals surface area contributed by atoms with Gasteiger partial charge in [-0.15, -0.1) is 0 Å². The highest BCUT2D eigenvalue weighted by molar-refractivity contribution is 7.80. The highest BCUT2D eigenvalue weighted by atomic mass is 32.1. The quantitative estimate of drug-likeness (QED) is 0.478. The number of hydrazone groups is 1. The molecule has 27 heavy (non-hydrogen) atoms. The molecule has 2 aromatic carbocycles. The molecule has 5 nitrogen and oxygen atoms in total. The van der Waals surface area contributed by atoms with Crippen molar-refractivity contribution in [2.45, 2.75) is 20.8 Å². The van der Waals surface area contributed by atoms with Crippen molar-refractivity contribution in [1.82, 2.24) is 5.43 Å². The van der Waals surface area contributed by atoms with E-state index in [0.29, 0.717) is 5.11 Å². The number of anilines is 2. The smallest absolute Gasteiger partial charge is 0.191 e. The van der Waals surface area contributed by atoms with Crippen molar-refractivity contribution in [2.24, 2.45) is 5.10 Å². The van der Waals surface area contributed by atoms with E-state index < -0.39 is 0 Å². The minimum absolute atomic E-state index is 0.475. The number of thiocarbonyl (C=S) groups is 1. The van der Waals surface area contributed by atoms with Crippen molar-refractivity contribution in [1.29, 1.82) is 0 Å². The number of aryl methyl sites for hydroxylation is 2. The van der Waals surface area contributed by atoms with Crippen LogP contribution in [0.25, 0.3) is 0 Å². The number of nitrogens with one attached hydrogen (secondary N) is 2. The van der Waals surface area contributed by atoms with Gasteiger partial charge in [0.1, 0.15) is 0 Å². The fourth-order valence-corrected chi connectivity index (χ4v) is 3.08. The summed E-state index contributed by atoms with van der Waals surface area (Å²) >= 11 is 5.34. The molecule has 0 bridgehead atoms. The predicted molar refractivity (Wildman–Crippen MR) is 117 cm³/mol. The Hall–Kier alpha value is -2.44. The van der Waals surface area contributed by atoms with Gasteiger partial charge in [0.15, 0.2) is 5.11 Å². The summed E-state index contributed by atoms with van der Waals surface area (Å²) in [5.41, 5.74) is 9.53. The molecule has 1 saturated heterocycles. The molecule has 1 heterocycles. The molecule has 142 valence electrons. The first-order chi connectivity index (χ1) is 13.0. The highest BCUT2D eigenvalue weighted by Crippen LogP contribution is 2.17. The van der Waals surface area contributed by atoms with Crippen molar-refractivity contribution in [3.63, 3.8) is 0 Å².